The monoisotopic (exact) mass is 382 g/mol. The SMILES string of the molecule is CNCCC(=O)Nc1ccc(Br)c(I)c1. The summed E-state index contributed by atoms with van der Waals surface area (Å²) in [5.41, 5.74) is 0.837. The Labute approximate surface area is 111 Å². The smallest absolute Gasteiger partial charge is 0.225 e. The highest BCUT2D eigenvalue weighted by Crippen LogP contribution is 2.22. The van der Waals surface area contributed by atoms with Crippen molar-refractivity contribution in [1.82, 2.24) is 5.32 Å². The van der Waals surface area contributed by atoms with Crippen LogP contribution in [0.25, 0.3) is 0 Å². The number of hydrogen-bond acceptors (Lipinski definition) is 2. The number of anilines is 1. The third-order valence-corrected chi connectivity index (χ3v) is 4.13. The Morgan fingerprint density at radius 3 is 2.87 bits per heavy atom. The molecule has 82 valence electrons. The maximum Gasteiger partial charge on any atom is 0.225 e. The molecule has 5 heteroatoms. The van der Waals surface area contributed by atoms with Gasteiger partial charge in [0, 0.05) is 26.7 Å². The minimum absolute atomic E-state index is 0.0301. The Hall–Kier alpha value is -0.140. The molecule has 1 rings (SSSR count). The zero-order chi connectivity index (χ0) is 11.3. The van der Waals surface area contributed by atoms with Crippen LogP contribution in [-0.2, 0) is 4.79 Å². The predicted molar refractivity (Wildman–Crippen MR) is 74.0 cm³/mol. The molecule has 0 aliphatic carbocycles. The summed E-state index contributed by atoms with van der Waals surface area (Å²) in [4.78, 5) is 11.4. The molecule has 1 amide bonds. The molecule has 0 aliphatic heterocycles. The Morgan fingerprint density at radius 2 is 2.27 bits per heavy atom. The van der Waals surface area contributed by atoms with E-state index < -0.39 is 0 Å². The number of hydrogen-bond donors (Lipinski definition) is 2. The lowest BCUT2D eigenvalue weighted by molar-refractivity contribution is -0.116. The maximum absolute atomic E-state index is 11.4. The second-order valence-electron chi connectivity index (χ2n) is 3.03. The van der Waals surface area contributed by atoms with Gasteiger partial charge in [-0.2, -0.15) is 0 Å². The normalized spacial score (nSPS) is 10.1. The third kappa shape index (κ3) is 4.48. The molecule has 0 saturated heterocycles. The zero-order valence-corrected chi connectivity index (χ0v) is 12.1. The largest absolute Gasteiger partial charge is 0.326 e. The van der Waals surface area contributed by atoms with Crippen molar-refractivity contribution in [2.45, 2.75) is 6.42 Å². The van der Waals surface area contributed by atoms with E-state index in [0.29, 0.717) is 13.0 Å². The zero-order valence-electron chi connectivity index (χ0n) is 8.31. The van der Waals surface area contributed by atoms with Crippen LogP contribution >= 0.6 is 38.5 Å². The van der Waals surface area contributed by atoms with Gasteiger partial charge in [0.1, 0.15) is 0 Å². The van der Waals surface area contributed by atoms with Crippen molar-refractivity contribution in [3.8, 4) is 0 Å². The number of carbonyl (C=O) groups excluding carboxylic acids is 1. The molecule has 15 heavy (non-hydrogen) atoms. The summed E-state index contributed by atoms with van der Waals surface area (Å²) in [6.45, 7) is 0.694. The molecule has 0 bridgehead atoms. The van der Waals surface area contributed by atoms with Crippen molar-refractivity contribution >= 4 is 50.1 Å². The van der Waals surface area contributed by atoms with Crippen molar-refractivity contribution in [2.75, 3.05) is 18.9 Å². The fourth-order valence-corrected chi connectivity index (χ4v) is 1.80. The summed E-state index contributed by atoms with van der Waals surface area (Å²) >= 11 is 5.62. The van der Waals surface area contributed by atoms with Crippen LogP contribution in [0.5, 0.6) is 0 Å². The molecule has 0 heterocycles. The molecular formula is C10H12BrIN2O. The van der Waals surface area contributed by atoms with Gasteiger partial charge in [0.2, 0.25) is 5.91 Å². The van der Waals surface area contributed by atoms with Gasteiger partial charge >= 0.3 is 0 Å². The average molecular weight is 383 g/mol. The van der Waals surface area contributed by atoms with Gasteiger partial charge in [0.15, 0.2) is 0 Å². The van der Waals surface area contributed by atoms with Crippen molar-refractivity contribution in [1.29, 1.82) is 0 Å². The molecular weight excluding hydrogens is 371 g/mol. The lowest BCUT2D eigenvalue weighted by atomic mass is 10.3. The number of rotatable bonds is 4. The van der Waals surface area contributed by atoms with Crippen molar-refractivity contribution in [3.05, 3.63) is 26.2 Å². The lowest BCUT2D eigenvalue weighted by Crippen LogP contribution is -2.18. The minimum Gasteiger partial charge on any atom is -0.326 e. The topological polar surface area (TPSA) is 41.1 Å². The lowest BCUT2D eigenvalue weighted by Gasteiger charge is -2.06. The van der Waals surface area contributed by atoms with Gasteiger partial charge in [-0.1, -0.05) is 0 Å². The van der Waals surface area contributed by atoms with Crippen LogP contribution < -0.4 is 10.6 Å². The molecule has 0 aliphatic rings. The van der Waals surface area contributed by atoms with E-state index in [1.54, 1.807) is 0 Å². The van der Waals surface area contributed by atoms with E-state index in [9.17, 15) is 4.79 Å². The van der Waals surface area contributed by atoms with Gasteiger partial charge in [-0.3, -0.25) is 4.79 Å². The van der Waals surface area contributed by atoms with Crippen LogP contribution in [0.2, 0.25) is 0 Å². The van der Waals surface area contributed by atoms with E-state index in [-0.39, 0.29) is 5.91 Å². The van der Waals surface area contributed by atoms with Crippen LogP contribution in [0.1, 0.15) is 6.42 Å². The summed E-state index contributed by atoms with van der Waals surface area (Å²) < 4.78 is 2.12. The van der Waals surface area contributed by atoms with E-state index in [4.69, 9.17) is 0 Å². The first-order valence-corrected chi connectivity index (χ1v) is 6.40. The molecule has 2 N–H and O–H groups in total. The number of amides is 1. The van der Waals surface area contributed by atoms with Crippen molar-refractivity contribution < 1.29 is 4.79 Å². The molecule has 0 atom stereocenters. The Balaban J connectivity index is 2.57. The first-order chi connectivity index (χ1) is 7.13. The number of nitrogens with one attached hydrogen (secondary N) is 2. The molecule has 0 spiro atoms. The highest BCUT2D eigenvalue weighted by Gasteiger charge is 2.03. The molecule has 1 aromatic carbocycles. The second-order valence-corrected chi connectivity index (χ2v) is 5.05. The van der Waals surface area contributed by atoms with Crippen LogP contribution in [0.15, 0.2) is 22.7 Å². The van der Waals surface area contributed by atoms with Crippen molar-refractivity contribution in [2.24, 2.45) is 0 Å². The van der Waals surface area contributed by atoms with Gasteiger partial charge in [-0.15, -0.1) is 0 Å². The predicted octanol–water partition coefficient (Wildman–Crippen LogP) is 2.60. The Kier molecular flexibility index (Phi) is 5.55. The first kappa shape index (κ1) is 12.9. The van der Waals surface area contributed by atoms with Crippen LogP contribution in [0, 0.1) is 3.57 Å². The average Bonchev–Trinajstić information content (AvgIpc) is 2.20. The molecule has 0 fully saturated rings. The highest BCUT2D eigenvalue weighted by atomic mass is 127. The first-order valence-electron chi connectivity index (χ1n) is 4.53. The summed E-state index contributed by atoms with van der Waals surface area (Å²) in [5.74, 6) is 0.0301. The van der Waals surface area contributed by atoms with Gasteiger partial charge in [-0.25, -0.2) is 0 Å². The summed E-state index contributed by atoms with van der Waals surface area (Å²) in [6, 6.07) is 5.74. The number of benzene rings is 1. The van der Waals surface area contributed by atoms with Gasteiger partial charge < -0.3 is 10.6 Å². The molecule has 0 unspecified atom stereocenters. The quantitative estimate of drug-likeness (QED) is 0.786. The molecule has 3 nitrogen and oxygen atoms in total. The fraction of sp³-hybridized carbons (Fsp3) is 0.300. The van der Waals surface area contributed by atoms with E-state index >= 15 is 0 Å². The maximum atomic E-state index is 11.4. The highest BCUT2D eigenvalue weighted by molar-refractivity contribution is 14.1. The van der Waals surface area contributed by atoms with Gasteiger partial charge in [0.05, 0.1) is 0 Å². The molecule has 0 saturated carbocycles. The molecule has 0 radical (unpaired) electrons. The van der Waals surface area contributed by atoms with Gasteiger partial charge in [0.25, 0.3) is 0 Å². The third-order valence-electron chi connectivity index (χ3n) is 1.81. The van der Waals surface area contributed by atoms with E-state index in [2.05, 4.69) is 49.2 Å². The summed E-state index contributed by atoms with van der Waals surface area (Å²) in [6.07, 6.45) is 0.489. The Bertz CT molecular complexity index is 357. The van der Waals surface area contributed by atoms with Crippen molar-refractivity contribution in [3.63, 3.8) is 0 Å². The van der Waals surface area contributed by atoms with Crippen LogP contribution in [0.4, 0.5) is 5.69 Å². The number of halogens is 2. The van der Waals surface area contributed by atoms with E-state index in [0.717, 1.165) is 13.7 Å². The molecule has 1 aromatic rings. The second kappa shape index (κ2) is 6.44. The van der Waals surface area contributed by atoms with E-state index in [1.807, 2.05) is 25.2 Å². The van der Waals surface area contributed by atoms with Crippen LogP contribution in [-0.4, -0.2) is 19.5 Å². The van der Waals surface area contributed by atoms with Crippen LogP contribution in [0.3, 0.4) is 0 Å². The molecule has 0 aromatic heterocycles. The fourth-order valence-electron chi connectivity index (χ4n) is 1.04. The standard InChI is InChI=1S/C10H12BrIN2O/c1-13-5-4-10(15)14-7-2-3-8(11)9(12)6-7/h2-3,6,13H,4-5H2,1H3,(H,14,15). The van der Waals surface area contributed by atoms with Gasteiger partial charge in [-0.05, 0) is 63.8 Å². The minimum atomic E-state index is 0.0301. The van der Waals surface area contributed by atoms with E-state index in [1.165, 1.54) is 0 Å². The number of carbonyl (C=O) groups is 1. The summed E-state index contributed by atoms with van der Waals surface area (Å²) in [7, 11) is 1.83. The summed E-state index contributed by atoms with van der Waals surface area (Å²) in [5, 5.41) is 5.78. The Morgan fingerprint density at radius 1 is 1.53 bits per heavy atom.